The predicted molar refractivity (Wildman–Crippen MR) is 154 cm³/mol. The molecule has 0 spiro atoms. The lowest BCUT2D eigenvalue weighted by atomic mass is 9.96. The lowest BCUT2D eigenvalue weighted by Crippen LogP contribution is -2.47. The quantitative estimate of drug-likeness (QED) is 0.393. The highest BCUT2D eigenvalue weighted by Crippen LogP contribution is 2.38. The molecule has 204 valence electrons. The zero-order valence-electron chi connectivity index (χ0n) is 23.2. The summed E-state index contributed by atoms with van der Waals surface area (Å²) in [6.45, 7) is 6.31. The maximum absolute atomic E-state index is 14.4. The lowest BCUT2D eigenvalue weighted by molar-refractivity contribution is -0.0242. The Balaban J connectivity index is 1.58. The second-order valence-electron chi connectivity index (χ2n) is 10.8. The second kappa shape index (κ2) is 11.7. The van der Waals surface area contributed by atoms with Gasteiger partial charge in [-0.3, -0.25) is 14.7 Å². The molecule has 1 N–H and O–H groups in total. The summed E-state index contributed by atoms with van der Waals surface area (Å²) in [4.78, 5) is 22.7. The van der Waals surface area contributed by atoms with E-state index in [-0.39, 0.29) is 30.6 Å². The number of aliphatic hydroxyl groups excluding tert-OH is 1. The average Bonchev–Trinajstić information content (AvgIpc) is 3.24. The van der Waals surface area contributed by atoms with Gasteiger partial charge in [0.1, 0.15) is 5.69 Å². The normalized spacial score (nSPS) is 19.0. The van der Waals surface area contributed by atoms with Crippen LogP contribution in [0.2, 0.25) is 0 Å². The minimum Gasteiger partial charge on any atom is -0.394 e. The fourth-order valence-corrected chi connectivity index (χ4v) is 5.70. The molecule has 0 saturated carbocycles. The molecular weight excluding hydrogens is 488 g/mol. The first-order valence-corrected chi connectivity index (χ1v) is 13.7. The summed E-state index contributed by atoms with van der Waals surface area (Å²) in [5, 5.41) is 11.2. The van der Waals surface area contributed by atoms with Gasteiger partial charge in [-0.2, -0.15) is 0 Å². The molecule has 1 aliphatic rings. The summed E-state index contributed by atoms with van der Waals surface area (Å²) in [5.74, 6) is -0.0426. The molecule has 39 heavy (non-hydrogen) atoms. The van der Waals surface area contributed by atoms with Crippen molar-refractivity contribution in [3.63, 3.8) is 0 Å². The zero-order chi connectivity index (χ0) is 27.5. The molecule has 2 aromatic carbocycles. The van der Waals surface area contributed by atoms with E-state index in [1.54, 1.807) is 6.20 Å². The maximum Gasteiger partial charge on any atom is 0.271 e. The summed E-state index contributed by atoms with van der Waals surface area (Å²) in [5.41, 5.74) is 5.77. The molecule has 7 nitrogen and oxygen atoms in total. The SMILES string of the molecule is C[C@H](CO)N1C[C@H](C)[C@@H](CN(C)Cc2cccnc2)OCc2ccccc2-c2c(n(C)c3ccccc23)C1=O. The molecule has 0 fully saturated rings. The fraction of sp³-hybridized carbons (Fsp3) is 0.375. The van der Waals surface area contributed by atoms with E-state index in [0.29, 0.717) is 25.4 Å². The van der Waals surface area contributed by atoms with E-state index in [0.717, 1.165) is 39.7 Å². The van der Waals surface area contributed by atoms with Gasteiger partial charge in [0.05, 0.1) is 25.4 Å². The minimum absolute atomic E-state index is 0.0303. The van der Waals surface area contributed by atoms with E-state index in [1.165, 1.54) is 0 Å². The summed E-state index contributed by atoms with van der Waals surface area (Å²) in [6, 6.07) is 20.1. The summed E-state index contributed by atoms with van der Waals surface area (Å²) in [7, 11) is 4.04. The smallest absolute Gasteiger partial charge is 0.271 e. The van der Waals surface area contributed by atoms with Gasteiger partial charge in [0.2, 0.25) is 0 Å². The van der Waals surface area contributed by atoms with Gasteiger partial charge in [-0.1, -0.05) is 55.5 Å². The number of hydrogen-bond donors (Lipinski definition) is 1. The molecule has 0 radical (unpaired) electrons. The number of pyridine rings is 1. The fourth-order valence-electron chi connectivity index (χ4n) is 5.70. The third kappa shape index (κ3) is 5.48. The van der Waals surface area contributed by atoms with Gasteiger partial charge in [0, 0.05) is 61.5 Å². The van der Waals surface area contributed by atoms with Gasteiger partial charge >= 0.3 is 0 Å². The number of carbonyl (C=O) groups is 1. The average molecular weight is 527 g/mol. The van der Waals surface area contributed by atoms with Crippen LogP contribution < -0.4 is 0 Å². The van der Waals surface area contributed by atoms with Crippen LogP contribution in [-0.2, 0) is 24.9 Å². The van der Waals surface area contributed by atoms with E-state index in [2.05, 4.69) is 54.2 Å². The Hall–Kier alpha value is -3.52. The number of aryl methyl sites for hydroxylation is 1. The summed E-state index contributed by atoms with van der Waals surface area (Å²) >= 11 is 0. The number of hydrogen-bond acceptors (Lipinski definition) is 5. The molecule has 0 saturated heterocycles. The molecule has 1 aliphatic heterocycles. The lowest BCUT2D eigenvalue weighted by Gasteiger charge is -2.35. The van der Waals surface area contributed by atoms with Crippen molar-refractivity contribution in [3.8, 4) is 11.1 Å². The first kappa shape index (κ1) is 27.1. The summed E-state index contributed by atoms with van der Waals surface area (Å²) in [6.07, 6.45) is 3.55. The molecule has 0 aliphatic carbocycles. The Morgan fingerprint density at radius 1 is 1.13 bits per heavy atom. The number of nitrogens with zero attached hydrogens (tertiary/aromatic N) is 4. The monoisotopic (exact) mass is 526 g/mol. The van der Waals surface area contributed by atoms with Crippen LogP contribution in [0.5, 0.6) is 0 Å². The third-order valence-electron chi connectivity index (χ3n) is 7.89. The Labute approximate surface area is 230 Å². The highest BCUT2D eigenvalue weighted by molar-refractivity contribution is 6.10. The number of rotatable bonds is 6. The number of aromatic nitrogens is 2. The summed E-state index contributed by atoms with van der Waals surface area (Å²) < 4.78 is 8.69. The number of likely N-dealkylation sites (N-methyl/N-ethyl adjacent to an activating group) is 1. The Bertz CT molecular complexity index is 1430. The molecule has 0 bridgehead atoms. The predicted octanol–water partition coefficient (Wildman–Crippen LogP) is 4.73. The second-order valence-corrected chi connectivity index (χ2v) is 10.8. The van der Waals surface area contributed by atoms with Crippen molar-refractivity contribution >= 4 is 16.8 Å². The van der Waals surface area contributed by atoms with Gasteiger partial charge in [-0.25, -0.2) is 0 Å². The van der Waals surface area contributed by atoms with Crippen LogP contribution >= 0.6 is 0 Å². The van der Waals surface area contributed by atoms with Crippen LogP contribution in [0, 0.1) is 5.92 Å². The molecule has 5 rings (SSSR count). The number of amides is 1. The van der Waals surface area contributed by atoms with Crippen LogP contribution in [0.15, 0.2) is 73.1 Å². The topological polar surface area (TPSA) is 70.8 Å². The van der Waals surface area contributed by atoms with Crippen molar-refractivity contribution in [1.82, 2.24) is 19.4 Å². The number of fused-ring (bicyclic) bond motifs is 5. The van der Waals surface area contributed by atoms with Gasteiger partial charge in [0.25, 0.3) is 5.91 Å². The Morgan fingerprint density at radius 3 is 2.67 bits per heavy atom. The van der Waals surface area contributed by atoms with Crippen LogP contribution in [-0.4, -0.2) is 69.3 Å². The van der Waals surface area contributed by atoms with E-state index in [9.17, 15) is 9.90 Å². The highest BCUT2D eigenvalue weighted by Gasteiger charge is 2.33. The van der Waals surface area contributed by atoms with Gasteiger partial charge in [-0.05, 0) is 42.8 Å². The standard InChI is InChI=1S/C32H38N4O3/c1-22-17-36(23(2)20-37)32(38)31-30(27-13-7-8-14-28(27)35(31)4)26-12-6-5-11-25(26)21-39-29(22)19-34(3)18-24-10-9-15-33-16-24/h5-16,22-23,29,37H,17-21H2,1-4H3/t22-,23+,29+/m0/s1. The number of aliphatic hydroxyl groups is 1. The molecular formula is C32H38N4O3. The number of ether oxygens (including phenoxy) is 1. The molecule has 3 heterocycles. The van der Waals surface area contributed by atoms with Crippen LogP contribution in [0.4, 0.5) is 0 Å². The Kier molecular flexibility index (Phi) is 8.12. The van der Waals surface area contributed by atoms with Gasteiger partial charge in [-0.15, -0.1) is 0 Å². The molecule has 1 amide bonds. The van der Waals surface area contributed by atoms with E-state index in [1.807, 2.05) is 60.0 Å². The van der Waals surface area contributed by atoms with Crippen LogP contribution in [0.25, 0.3) is 22.0 Å². The van der Waals surface area contributed by atoms with Crippen molar-refractivity contribution in [2.75, 3.05) is 26.7 Å². The van der Waals surface area contributed by atoms with Crippen molar-refractivity contribution < 1.29 is 14.6 Å². The van der Waals surface area contributed by atoms with E-state index < -0.39 is 0 Å². The number of carbonyl (C=O) groups excluding carboxylic acids is 1. The van der Waals surface area contributed by atoms with E-state index >= 15 is 0 Å². The molecule has 0 unspecified atom stereocenters. The largest absolute Gasteiger partial charge is 0.394 e. The zero-order valence-corrected chi connectivity index (χ0v) is 23.2. The van der Waals surface area contributed by atoms with Gasteiger partial charge < -0.3 is 19.3 Å². The molecule has 2 aromatic heterocycles. The van der Waals surface area contributed by atoms with Crippen molar-refractivity contribution in [1.29, 1.82) is 0 Å². The van der Waals surface area contributed by atoms with Crippen molar-refractivity contribution in [3.05, 3.63) is 89.9 Å². The molecule has 3 atom stereocenters. The maximum atomic E-state index is 14.4. The molecule has 7 heteroatoms. The third-order valence-corrected chi connectivity index (χ3v) is 7.89. The Morgan fingerprint density at radius 2 is 1.90 bits per heavy atom. The first-order chi connectivity index (χ1) is 18.9. The first-order valence-electron chi connectivity index (χ1n) is 13.7. The molecule has 4 aromatic rings. The van der Waals surface area contributed by atoms with Crippen molar-refractivity contribution in [2.24, 2.45) is 13.0 Å². The van der Waals surface area contributed by atoms with E-state index in [4.69, 9.17) is 4.74 Å². The van der Waals surface area contributed by atoms with Crippen LogP contribution in [0.1, 0.15) is 35.5 Å². The van der Waals surface area contributed by atoms with Gasteiger partial charge in [0.15, 0.2) is 0 Å². The number of para-hydroxylation sites is 1. The van der Waals surface area contributed by atoms with Crippen molar-refractivity contribution in [2.45, 2.75) is 39.1 Å². The number of benzene rings is 2. The van der Waals surface area contributed by atoms with Crippen LogP contribution in [0.3, 0.4) is 0 Å². The minimum atomic E-state index is -0.337. The highest BCUT2D eigenvalue weighted by atomic mass is 16.5.